The molecule has 3 aromatic rings. The van der Waals surface area contributed by atoms with Gasteiger partial charge in [-0.05, 0) is 17.5 Å². The van der Waals surface area contributed by atoms with Crippen molar-refractivity contribution in [3.05, 3.63) is 42.4 Å². The van der Waals surface area contributed by atoms with E-state index in [-0.39, 0.29) is 0 Å². The molecule has 0 amide bonds. The van der Waals surface area contributed by atoms with Crippen LogP contribution in [0, 0.1) is 0 Å². The van der Waals surface area contributed by atoms with E-state index in [1.165, 1.54) is 16.5 Å². The van der Waals surface area contributed by atoms with Crippen LogP contribution in [-0.2, 0) is 11.3 Å². The minimum absolute atomic E-state index is 0.684. The Morgan fingerprint density at radius 3 is 3.10 bits per heavy atom. The Morgan fingerprint density at radius 1 is 1.35 bits per heavy atom. The average molecular weight is 288 g/mol. The van der Waals surface area contributed by atoms with Gasteiger partial charge in [0.15, 0.2) is 12.2 Å². The third-order valence-corrected chi connectivity index (χ3v) is 4.18. The molecule has 0 aliphatic carbocycles. The van der Waals surface area contributed by atoms with Crippen LogP contribution >= 0.6 is 11.3 Å². The summed E-state index contributed by atoms with van der Waals surface area (Å²) in [6, 6.07) is 10.5. The number of oxazole rings is 1. The minimum Gasteiger partial charge on any atom is -0.442 e. The number of ether oxygens (including phenoxy) is 1. The van der Waals surface area contributed by atoms with Gasteiger partial charge in [0.05, 0.1) is 11.5 Å². The lowest BCUT2D eigenvalue weighted by atomic mass is 10.2. The lowest BCUT2D eigenvalue weighted by Crippen LogP contribution is -2.19. The number of methoxy groups -OCH3 is 1. The molecule has 20 heavy (non-hydrogen) atoms. The van der Waals surface area contributed by atoms with E-state index in [4.69, 9.17) is 9.15 Å². The molecule has 1 aromatic carbocycles. The van der Waals surface area contributed by atoms with E-state index < -0.39 is 0 Å². The van der Waals surface area contributed by atoms with Crippen molar-refractivity contribution in [2.24, 2.45) is 0 Å². The van der Waals surface area contributed by atoms with E-state index >= 15 is 0 Å². The number of rotatable bonds is 6. The average Bonchev–Trinajstić information content (AvgIpc) is 3.09. The summed E-state index contributed by atoms with van der Waals surface area (Å²) >= 11 is 1.73. The van der Waals surface area contributed by atoms with Gasteiger partial charge in [-0.2, -0.15) is 0 Å². The van der Waals surface area contributed by atoms with E-state index in [2.05, 4.69) is 34.6 Å². The summed E-state index contributed by atoms with van der Waals surface area (Å²) < 4.78 is 11.8. The van der Waals surface area contributed by atoms with Gasteiger partial charge in [-0.25, -0.2) is 4.98 Å². The first-order chi connectivity index (χ1) is 9.88. The fourth-order valence-electron chi connectivity index (χ4n) is 2.07. The number of benzene rings is 1. The van der Waals surface area contributed by atoms with Gasteiger partial charge in [0.2, 0.25) is 0 Å². The predicted molar refractivity (Wildman–Crippen MR) is 80.9 cm³/mol. The number of hydrogen-bond donors (Lipinski definition) is 1. The van der Waals surface area contributed by atoms with Gasteiger partial charge >= 0.3 is 0 Å². The summed E-state index contributed by atoms with van der Waals surface area (Å²) in [6.07, 6.45) is 1.51. The van der Waals surface area contributed by atoms with Crippen molar-refractivity contribution in [2.75, 3.05) is 20.3 Å². The maximum absolute atomic E-state index is 5.57. The highest BCUT2D eigenvalue weighted by molar-refractivity contribution is 7.22. The van der Waals surface area contributed by atoms with Crippen molar-refractivity contribution in [3.63, 3.8) is 0 Å². The Kier molecular flexibility index (Phi) is 4.11. The molecule has 1 N–H and O–H groups in total. The number of nitrogens with one attached hydrogen (secondary N) is 1. The van der Waals surface area contributed by atoms with Crippen LogP contribution < -0.4 is 5.32 Å². The van der Waals surface area contributed by atoms with Gasteiger partial charge in [0, 0.05) is 24.9 Å². The molecule has 0 saturated carbocycles. The van der Waals surface area contributed by atoms with Gasteiger partial charge in [-0.1, -0.05) is 18.2 Å². The number of hydrogen-bond acceptors (Lipinski definition) is 5. The molecule has 0 atom stereocenters. The summed E-state index contributed by atoms with van der Waals surface area (Å²) in [5.74, 6) is 0.858. The highest BCUT2D eigenvalue weighted by atomic mass is 32.1. The number of fused-ring (bicyclic) bond motifs is 1. The summed E-state index contributed by atoms with van der Waals surface area (Å²) in [7, 11) is 1.69. The van der Waals surface area contributed by atoms with Gasteiger partial charge in [-0.15, -0.1) is 11.3 Å². The fourth-order valence-corrected chi connectivity index (χ4v) is 3.14. The molecule has 2 aromatic heterocycles. The monoisotopic (exact) mass is 288 g/mol. The normalized spacial score (nSPS) is 11.2. The van der Waals surface area contributed by atoms with E-state index in [0.717, 1.165) is 22.9 Å². The Morgan fingerprint density at radius 2 is 2.25 bits per heavy atom. The van der Waals surface area contributed by atoms with Crippen LogP contribution in [0.2, 0.25) is 0 Å². The zero-order valence-corrected chi connectivity index (χ0v) is 12.1. The summed E-state index contributed by atoms with van der Waals surface area (Å²) in [5, 5.41) is 4.53. The molecule has 0 radical (unpaired) electrons. The molecule has 3 rings (SSSR count). The van der Waals surface area contributed by atoms with Crippen LogP contribution in [0.4, 0.5) is 0 Å². The van der Waals surface area contributed by atoms with Crippen LogP contribution in [0.25, 0.3) is 20.7 Å². The molecule has 0 aliphatic rings. The van der Waals surface area contributed by atoms with E-state index in [9.17, 15) is 0 Å². The van der Waals surface area contributed by atoms with Crippen molar-refractivity contribution in [2.45, 2.75) is 6.54 Å². The van der Waals surface area contributed by atoms with Gasteiger partial charge in [0.25, 0.3) is 0 Å². The van der Waals surface area contributed by atoms with Crippen molar-refractivity contribution >= 4 is 21.4 Å². The molecule has 0 bridgehead atoms. The highest BCUT2D eigenvalue weighted by Crippen LogP contribution is 2.34. The third kappa shape index (κ3) is 2.75. The first-order valence-corrected chi connectivity index (χ1v) is 7.31. The van der Waals surface area contributed by atoms with Crippen LogP contribution in [0.5, 0.6) is 0 Å². The third-order valence-electron chi connectivity index (χ3n) is 3.07. The number of thiophene rings is 1. The molecular weight excluding hydrogens is 272 g/mol. The second-order valence-corrected chi connectivity index (χ2v) is 5.53. The van der Waals surface area contributed by atoms with Crippen molar-refractivity contribution < 1.29 is 9.15 Å². The SMILES string of the molecule is COCCNCc1ncoc1-c1cc2ccccc2s1. The van der Waals surface area contributed by atoms with Crippen LogP contribution in [0.1, 0.15) is 5.69 Å². The first-order valence-electron chi connectivity index (χ1n) is 6.49. The Balaban J connectivity index is 1.81. The van der Waals surface area contributed by atoms with Gasteiger partial charge < -0.3 is 14.5 Å². The first kappa shape index (κ1) is 13.3. The van der Waals surface area contributed by atoms with Crippen molar-refractivity contribution in [3.8, 4) is 10.6 Å². The molecule has 0 spiro atoms. The van der Waals surface area contributed by atoms with E-state index in [1.54, 1.807) is 18.4 Å². The van der Waals surface area contributed by atoms with Crippen molar-refractivity contribution in [1.82, 2.24) is 10.3 Å². The Labute approximate surface area is 121 Å². The highest BCUT2D eigenvalue weighted by Gasteiger charge is 2.13. The van der Waals surface area contributed by atoms with E-state index in [0.29, 0.717) is 13.2 Å². The second-order valence-electron chi connectivity index (χ2n) is 4.45. The van der Waals surface area contributed by atoms with Crippen LogP contribution in [-0.4, -0.2) is 25.2 Å². The van der Waals surface area contributed by atoms with Crippen LogP contribution in [0.15, 0.2) is 41.1 Å². The lowest BCUT2D eigenvalue weighted by molar-refractivity contribution is 0.199. The molecule has 4 nitrogen and oxygen atoms in total. The second kappa shape index (κ2) is 6.17. The maximum Gasteiger partial charge on any atom is 0.181 e. The molecule has 2 heterocycles. The molecule has 104 valence electrons. The number of aromatic nitrogens is 1. The zero-order valence-electron chi connectivity index (χ0n) is 11.3. The lowest BCUT2D eigenvalue weighted by Gasteiger charge is -2.02. The number of nitrogens with zero attached hydrogens (tertiary/aromatic N) is 1. The smallest absolute Gasteiger partial charge is 0.181 e. The van der Waals surface area contributed by atoms with Gasteiger partial charge in [-0.3, -0.25) is 0 Å². The zero-order chi connectivity index (χ0) is 13.8. The topological polar surface area (TPSA) is 47.3 Å². The van der Waals surface area contributed by atoms with Crippen molar-refractivity contribution in [1.29, 1.82) is 0 Å². The Bertz CT molecular complexity index is 657. The largest absolute Gasteiger partial charge is 0.442 e. The maximum atomic E-state index is 5.57. The Hall–Kier alpha value is -1.69. The van der Waals surface area contributed by atoms with Crippen LogP contribution in [0.3, 0.4) is 0 Å². The molecular formula is C15H16N2O2S. The summed E-state index contributed by atoms with van der Waals surface area (Å²) in [6.45, 7) is 2.18. The summed E-state index contributed by atoms with van der Waals surface area (Å²) in [5.41, 5.74) is 0.938. The quantitative estimate of drug-likeness (QED) is 0.707. The minimum atomic E-state index is 0.684. The fraction of sp³-hybridized carbons (Fsp3) is 0.267. The molecule has 5 heteroatoms. The summed E-state index contributed by atoms with van der Waals surface area (Å²) in [4.78, 5) is 5.41. The molecule has 0 aliphatic heterocycles. The van der Waals surface area contributed by atoms with Gasteiger partial charge in [0.1, 0.15) is 5.69 Å². The molecule has 0 saturated heterocycles. The standard InChI is InChI=1S/C15H16N2O2S/c1-18-7-6-16-9-12-15(19-10-17-12)14-8-11-4-2-3-5-13(11)20-14/h2-5,8,10,16H,6-7,9H2,1H3. The molecule has 0 unspecified atom stereocenters. The van der Waals surface area contributed by atoms with E-state index in [1.807, 2.05) is 6.07 Å². The predicted octanol–water partition coefficient (Wildman–Crippen LogP) is 3.29. The molecule has 0 fully saturated rings.